The topological polar surface area (TPSA) is 39.7 Å². The Hall–Kier alpha value is -2.40. The van der Waals surface area contributed by atoms with Crippen molar-refractivity contribution in [1.82, 2.24) is 14.8 Å². The summed E-state index contributed by atoms with van der Waals surface area (Å²) in [5, 5.41) is 0. The fourth-order valence-corrected chi connectivity index (χ4v) is 4.28. The van der Waals surface area contributed by atoms with Gasteiger partial charge in [-0.15, -0.1) is 0 Å². The van der Waals surface area contributed by atoms with Gasteiger partial charge in [-0.3, -0.25) is 9.69 Å². The van der Waals surface area contributed by atoms with E-state index in [1.54, 1.807) is 0 Å². The molecule has 1 amide bonds. The Balaban J connectivity index is 1.46. The number of piperidine rings is 1. The molecule has 3 fully saturated rings. The molecule has 3 saturated heterocycles. The Kier molecular flexibility index (Phi) is 5.12. The average molecular weight is 364 g/mol. The van der Waals surface area contributed by atoms with Crippen molar-refractivity contribution in [3.05, 3.63) is 59.8 Å². The largest absolute Gasteiger partial charge is 0.363 e. The molecule has 4 heterocycles. The molecule has 0 spiro atoms. The number of pyridine rings is 1. The highest BCUT2D eigenvalue weighted by molar-refractivity contribution is 5.80. The summed E-state index contributed by atoms with van der Waals surface area (Å²) in [5.41, 5.74) is 2.43. The molecule has 3 aliphatic rings. The van der Waals surface area contributed by atoms with Gasteiger partial charge in [-0.2, -0.15) is 0 Å². The van der Waals surface area contributed by atoms with Crippen LogP contribution in [0.2, 0.25) is 0 Å². The molecule has 0 radical (unpaired) electrons. The van der Waals surface area contributed by atoms with Crippen LogP contribution in [0.4, 0.5) is 5.82 Å². The summed E-state index contributed by atoms with van der Waals surface area (Å²) in [6, 6.07) is 14.9. The third-order valence-corrected chi connectivity index (χ3v) is 5.74. The van der Waals surface area contributed by atoms with Gasteiger partial charge in [-0.1, -0.05) is 36.4 Å². The van der Waals surface area contributed by atoms with Crippen LogP contribution in [0, 0.1) is 5.92 Å². The van der Waals surface area contributed by atoms with Gasteiger partial charge in [0.25, 0.3) is 0 Å². The number of hydrogen-bond acceptors (Lipinski definition) is 4. The first kappa shape index (κ1) is 18.0. The summed E-state index contributed by atoms with van der Waals surface area (Å²) in [6.45, 7) is 3.40. The molecule has 2 aromatic rings. The summed E-state index contributed by atoms with van der Waals surface area (Å²) in [4.78, 5) is 24.1. The van der Waals surface area contributed by atoms with Crippen LogP contribution in [0.5, 0.6) is 0 Å². The second-order valence-corrected chi connectivity index (χ2v) is 7.99. The highest BCUT2D eigenvalue weighted by atomic mass is 16.2. The van der Waals surface area contributed by atoms with E-state index in [1.165, 1.54) is 11.1 Å². The van der Waals surface area contributed by atoms with Crippen molar-refractivity contribution in [3.63, 3.8) is 0 Å². The normalized spacial score (nSPS) is 22.7. The monoisotopic (exact) mass is 364 g/mol. The molecule has 5 heteroatoms. The number of benzene rings is 1. The summed E-state index contributed by atoms with van der Waals surface area (Å²) >= 11 is 0. The van der Waals surface area contributed by atoms with Crippen LogP contribution in [-0.4, -0.2) is 53.9 Å². The first-order valence-electron chi connectivity index (χ1n) is 9.79. The number of hydrogen-bond donors (Lipinski definition) is 0. The van der Waals surface area contributed by atoms with E-state index < -0.39 is 0 Å². The molecular weight excluding hydrogens is 336 g/mol. The van der Waals surface area contributed by atoms with Crippen LogP contribution < -0.4 is 4.90 Å². The van der Waals surface area contributed by atoms with E-state index in [2.05, 4.69) is 39.0 Å². The van der Waals surface area contributed by atoms with Crippen LogP contribution in [-0.2, 0) is 17.9 Å². The fourth-order valence-electron chi connectivity index (χ4n) is 4.28. The quantitative estimate of drug-likeness (QED) is 0.818. The molecule has 0 saturated carbocycles. The van der Waals surface area contributed by atoms with Gasteiger partial charge in [0.05, 0.1) is 5.92 Å². The van der Waals surface area contributed by atoms with Gasteiger partial charge >= 0.3 is 0 Å². The zero-order valence-corrected chi connectivity index (χ0v) is 16.2. The maximum Gasteiger partial charge on any atom is 0.227 e. The Morgan fingerprint density at radius 1 is 1.00 bits per heavy atom. The van der Waals surface area contributed by atoms with Gasteiger partial charge in [-0.05, 0) is 30.0 Å². The molecule has 0 N–H and O–H groups in total. The van der Waals surface area contributed by atoms with Gasteiger partial charge in [0.2, 0.25) is 5.91 Å². The first-order chi connectivity index (χ1) is 13.1. The van der Waals surface area contributed by atoms with E-state index >= 15 is 0 Å². The highest BCUT2D eigenvalue weighted by Crippen LogP contribution is 2.31. The average Bonchev–Trinajstić information content (AvgIpc) is 2.94. The molecule has 1 aromatic carbocycles. The minimum absolute atomic E-state index is 0.126. The lowest BCUT2D eigenvalue weighted by molar-refractivity contribution is -0.140. The predicted octanol–water partition coefficient (Wildman–Crippen LogP) is 2.77. The van der Waals surface area contributed by atoms with E-state index in [-0.39, 0.29) is 5.92 Å². The second-order valence-electron chi connectivity index (χ2n) is 7.99. The molecule has 2 atom stereocenters. The van der Waals surface area contributed by atoms with Crippen molar-refractivity contribution in [1.29, 1.82) is 0 Å². The van der Waals surface area contributed by atoms with Crippen molar-refractivity contribution in [2.45, 2.75) is 32.0 Å². The van der Waals surface area contributed by atoms with Crippen LogP contribution in [0.25, 0.3) is 0 Å². The minimum atomic E-state index is 0.126. The Morgan fingerprint density at radius 2 is 1.81 bits per heavy atom. The fraction of sp³-hybridized carbons (Fsp3) is 0.455. The minimum Gasteiger partial charge on any atom is -0.363 e. The SMILES string of the molecule is CN(C)c1ccc(CN2C[C@@H]3CC[C@H](C2)N(Cc2ccccc2)C3=O)cn1. The van der Waals surface area contributed by atoms with Crippen LogP contribution in [0.3, 0.4) is 0 Å². The Bertz CT molecular complexity index is 775. The van der Waals surface area contributed by atoms with E-state index in [1.807, 2.05) is 43.4 Å². The van der Waals surface area contributed by atoms with Crippen molar-refractivity contribution in [2.24, 2.45) is 5.92 Å². The van der Waals surface area contributed by atoms with Gasteiger partial charge in [0.15, 0.2) is 0 Å². The maximum atomic E-state index is 13.0. The molecule has 142 valence electrons. The molecule has 5 nitrogen and oxygen atoms in total. The van der Waals surface area contributed by atoms with Crippen molar-refractivity contribution < 1.29 is 4.79 Å². The van der Waals surface area contributed by atoms with E-state index in [0.717, 1.165) is 44.8 Å². The lowest BCUT2D eigenvalue weighted by Gasteiger charge is -2.36. The van der Waals surface area contributed by atoms with Gasteiger partial charge < -0.3 is 9.80 Å². The lowest BCUT2D eigenvalue weighted by Crippen LogP contribution is -2.47. The maximum absolute atomic E-state index is 13.0. The zero-order chi connectivity index (χ0) is 18.8. The van der Waals surface area contributed by atoms with Crippen molar-refractivity contribution >= 4 is 11.7 Å². The Morgan fingerprint density at radius 3 is 2.52 bits per heavy atom. The smallest absolute Gasteiger partial charge is 0.227 e. The summed E-state index contributed by atoms with van der Waals surface area (Å²) in [5.74, 6) is 1.43. The molecule has 3 aliphatic heterocycles. The van der Waals surface area contributed by atoms with Gasteiger partial charge in [0.1, 0.15) is 5.82 Å². The standard InChI is InChI=1S/C22H28N4O/c1-24(2)21-11-8-18(12-23-21)13-25-15-19-9-10-20(16-25)26(22(19)27)14-17-6-4-3-5-7-17/h3-8,11-12,19-20H,9-10,13-16H2,1-2H3/t19-,20+/m0/s1. The number of amides is 1. The van der Waals surface area contributed by atoms with Crippen molar-refractivity contribution in [2.75, 3.05) is 32.1 Å². The Labute approximate surface area is 161 Å². The number of rotatable bonds is 5. The number of carbonyl (C=O) groups excluding carboxylic acids is 1. The molecule has 2 bridgehead atoms. The van der Waals surface area contributed by atoms with Crippen LogP contribution in [0.15, 0.2) is 48.7 Å². The molecule has 0 aliphatic carbocycles. The molecule has 27 heavy (non-hydrogen) atoms. The van der Waals surface area contributed by atoms with E-state index in [9.17, 15) is 4.79 Å². The predicted molar refractivity (Wildman–Crippen MR) is 107 cm³/mol. The number of anilines is 1. The van der Waals surface area contributed by atoms with Crippen LogP contribution in [0.1, 0.15) is 24.0 Å². The van der Waals surface area contributed by atoms with E-state index in [0.29, 0.717) is 11.9 Å². The number of fused-ring (bicyclic) bond motifs is 4. The first-order valence-corrected chi connectivity index (χ1v) is 9.79. The van der Waals surface area contributed by atoms with E-state index in [4.69, 9.17) is 0 Å². The highest BCUT2D eigenvalue weighted by Gasteiger charge is 2.40. The molecule has 5 rings (SSSR count). The number of nitrogens with zero attached hydrogens (tertiary/aromatic N) is 4. The number of carbonyl (C=O) groups is 1. The third kappa shape index (κ3) is 3.98. The lowest BCUT2D eigenvalue weighted by atomic mass is 9.93. The zero-order valence-electron chi connectivity index (χ0n) is 16.2. The molecule has 1 aromatic heterocycles. The van der Waals surface area contributed by atoms with Crippen molar-refractivity contribution in [3.8, 4) is 0 Å². The summed E-state index contributed by atoms with van der Waals surface area (Å²) < 4.78 is 0. The van der Waals surface area contributed by atoms with Gasteiger partial charge in [-0.25, -0.2) is 4.98 Å². The van der Waals surface area contributed by atoms with Crippen LogP contribution >= 0.6 is 0 Å². The third-order valence-electron chi connectivity index (χ3n) is 5.74. The molecular formula is C22H28N4O. The number of aromatic nitrogens is 1. The van der Waals surface area contributed by atoms with Gasteiger partial charge in [0, 0.05) is 52.5 Å². The second kappa shape index (κ2) is 7.69. The summed E-state index contributed by atoms with van der Waals surface area (Å²) in [6.07, 6.45) is 4.09. The summed E-state index contributed by atoms with van der Waals surface area (Å²) in [7, 11) is 4.00. The molecule has 0 unspecified atom stereocenters.